The highest BCUT2D eigenvalue weighted by atomic mass is 15.5. The topological polar surface area (TPSA) is 69.6 Å². The van der Waals surface area contributed by atoms with Crippen molar-refractivity contribution in [3.8, 4) is 11.4 Å². The van der Waals surface area contributed by atoms with Crippen LogP contribution in [0.2, 0.25) is 0 Å². The standard InChI is InChI=1S/C14H19N5/c1-14(2)8-7-12(9-14)19-13(16-17-18-19)10-3-5-11(15)6-4-10/h3-6,12H,7-9,15H2,1-2H3. The first-order valence-electron chi connectivity index (χ1n) is 6.69. The molecular formula is C14H19N5. The van der Waals surface area contributed by atoms with E-state index in [0.29, 0.717) is 11.5 Å². The fourth-order valence-electron chi connectivity index (χ4n) is 2.87. The Morgan fingerprint density at radius 1 is 1.26 bits per heavy atom. The van der Waals surface area contributed by atoms with Crippen molar-refractivity contribution in [1.82, 2.24) is 20.2 Å². The Balaban J connectivity index is 1.93. The van der Waals surface area contributed by atoms with E-state index < -0.39 is 0 Å². The zero-order valence-corrected chi connectivity index (χ0v) is 11.4. The van der Waals surface area contributed by atoms with E-state index in [1.807, 2.05) is 28.9 Å². The van der Waals surface area contributed by atoms with Gasteiger partial charge in [-0.05, 0) is 59.4 Å². The van der Waals surface area contributed by atoms with Crippen molar-refractivity contribution in [1.29, 1.82) is 0 Å². The maximum atomic E-state index is 5.72. The molecule has 5 nitrogen and oxygen atoms in total. The smallest absolute Gasteiger partial charge is 0.182 e. The second-order valence-electron chi connectivity index (χ2n) is 6.13. The normalized spacial score (nSPS) is 21.7. The molecule has 1 atom stereocenters. The van der Waals surface area contributed by atoms with Gasteiger partial charge in [0.2, 0.25) is 0 Å². The predicted molar refractivity (Wildman–Crippen MR) is 74.3 cm³/mol. The number of tetrazole rings is 1. The molecule has 1 fully saturated rings. The lowest BCUT2D eigenvalue weighted by molar-refractivity contribution is 0.349. The molecule has 2 aromatic rings. The van der Waals surface area contributed by atoms with E-state index in [2.05, 4.69) is 29.4 Å². The number of aromatic nitrogens is 4. The van der Waals surface area contributed by atoms with Gasteiger partial charge in [0.1, 0.15) is 0 Å². The second-order valence-corrected chi connectivity index (χ2v) is 6.13. The average Bonchev–Trinajstić information content (AvgIpc) is 2.96. The quantitative estimate of drug-likeness (QED) is 0.840. The van der Waals surface area contributed by atoms with E-state index in [4.69, 9.17) is 5.73 Å². The molecule has 1 aliphatic carbocycles. The number of rotatable bonds is 2. The van der Waals surface area contributed by atoms with Crippen molar-refractivity contribution in [2.75, 3.05) is 5.73 Å². The van der Waals surface area contributed by atoms with Crippen LogP contribution < -0.4 is 5.73 Å². The molecule has 2 N–H and O–H groups in total. The zero-order valence-electron chi connectivity index (χ0n) is 11.4. The highest BCUT2D eigenvalue weighted by molar-refractivity contribution is 5.58. The molecule has 0 spiro atoms. The van der Waals surface area contributed by atoms with Crippen LogP contribution in [0.25, 0.3) is 11.4 Å². The van der Waals surface area contributed by atoms with Crippen molar-refractivity contribution < 1.29 is 0 Å². The Bertz CT molecular complexity index is 570. The van der Waals surface area contributed by atoms with E-state index in [1.54, 1.807) is 0 Å². The SMILES string of the molecule is CC1(C)CCC(n2nnnc2-c2ccc(N)cc2)C1. The first-order chi connectivity index (χ1) is 9.05. The van der Waals surface area contributed by atoms with Crippen molar-refractivity contribution in [3.63, 3.8) is 0 Å². The molecule has 0 bridgehead atoms. The summed E-state index contributed by atoms with van der Waals surface area (Å²) in [5.41, 5.74) is 7.87. The maximum absolute atomic E-state index is 5.72. The lowest BCUT2D eigenvalue weighted by Gasteiger charge is -2.17. The third-order valence-electron chi connectivity index (χ3n) is 3.95. The highest BCUT2D eigenvalue weighted by Crippen LogP contribution is 2.43. The molecule has 100 valence electrons. The first kappa shape index (κ1) is 12.1. The third kappa shape index (κ3) is 2.32. The summed E-state index contributed by atoms with van der Waals surface area (Å²) in [7, 11) is 0. The van der Waals surface area contributed by atoms with Crippen LogP contribution in [0.15, 0.2) is 24.3 Å². The minimum Gasteiger partial charge on any atom is -0.399 e. The van der Waals surface area contributed by atoms with Crippen LogP contribution in [0.4, 0.5) is 5.69 Å². The van der Waals surface area contributed by atoms with E-state index >= 15 is 0 Å². The Morgan fingerprint density at radius 3 is 2.63 bits per heavy atom. The van der Waals surface area contributed by atoms with E-state index in [1.165, 1.54) is 6.42 Å². The van der Waals surface area contributed by atoms with Crippen molar-refractivity contribution in [2.45, 2.75) is 39.2 Å². The van der Waals surface area contributed by atoms with Crippen LogP contribution in [0.5, 0.6) is 0 Å². The van der Waals surface area contributed by atoms with Gasteiger partial charge in [-0.3, -0.25) is 0 Å². The van der Waals surface area contributed by atoms with Crippen LogP contribution in [0, 0.1) is 5.41 Å². The second kappa shape index (κ2) is 4.33. The number of hydrogen-bond donors (Lipinski definition) is 1. The molecule has 1 aromatic heterocycles. The zero-order chi connectivity index (χ0) is 13.5. The van der Waals surface area contributed by atoms with Gasteiger partial charge in [-0.25, -0.2) is 4.68 Å². The van der Waals surface area contributed by atoms with Crippen molar-refractivity contribution in [2.24, 2.45) is 5.41 Å². The predicted octanol–water partition coefficient (Wildman–Crippen LogP) is 2.67. The summed E-state index contributed by atoms with van der Waals surface area (Å²) in [6, 6.07) is 8.10. The maximum Gasteiger partial charge on any atom is 0.182 e. The molecule has 1 saturated carbocycles. The number of benzene rings is 1. The lowest BCUT2D eigenvalue weighted by atomic mass is 9.92. The van der Waals surface area contributed by atoms with Gasteiger partial charge >= 0.3 is 0 Å². The van der Waals surface area contributed by atoms with E-state index in [-0.39, 0.29) is 0 Å². The van der Waals surface area contributed by atoms with Gasteiger partial charge in [0.15, 0.2) is 5.82 Å². The van der Waals surface area contributed by atoms with Gasteiger partial charge in [-0.15, -0.1) is 5.10 Å². The largest absolute Gasteiger partial charge is 0.399 e. The van der Waals surface area contributed by atoms with E-state index in [9.17, 15) is 0 Å². The van der Waals surface area contributed by atoms with Crippen LogP contribution in [0.3, 0.4) is 0 Å². The fraction of sp³-hybridized carbons (Fsp3) is 0.500. The molecule has 19 heavy (non-hydrogen) atoms. The molecule has 0 aliphatic heterocycles. The van der Waals surface area contributed by atoms with Gasteiger partial charge < -0.3 is 5.73 Å². The van der Waals surface area contributed by atoms with Crippen molar-refractivity contribution >= 4 is 5.69 Å². The third-order valence-corrected chi connectivity index (χ3v) is 3.95. The summed E-state index contributed by atoms with van der Waals surface area (Å²) in [6.07, 6.45) is 3.48. The molecule has 1 aliphatic rings. The molecule has 0 amide bonds. The van der Waals surface area contributed by atoms with Crippen LogP contribution in [0.1, 0.15) is 39.2 Å². The minimum atomic E-state index is 0.384. The molecule has 0 radical (unpaired) electrons. The van der Waals surface area contributed by atoms with Crippen LogP contribution in [-0.4, -0.2) is 20.2 Å². The number of nitrogen functional groups attached to an aromatic ring is 1. The molecule has 3 rings (SSSR count). The average molecular weight is 257 g/mol. The summed E-state index contributed by atoms with van der Waals surface area (Å²) < 4.78 is 1.97. The Morgan fingerprint density at radius 2 is 2.00 bits per heavy atom. The summed E-state index contributed by atoms with van der Waals surface area (Å²) >= 11 is 0. The van der Waals surface area contributed by atoms with Crippen LogP contribution >= 0.6 is 0 Å². The Labute approximate surface area is 112 Å². The fourth-order valence-corrected chi connectivity index (χ4v) is 2.87. The molecule has 0 saturated heterocycles. The molecule has 1 unspecified atom stereocenters. The summed E-state index contributed by atoms with van der Waals surface area (Å²) in [5, 5.41) is 12.2. The van der Waals surface area contributed by atoms with Gasteiger partial charge in [-0.1, -0.05) is 13.8 Å². The summed E-state index contributed by atoms with van der Waals surface area (Å²) in [5.74, 6) is 0.836. The van der Waals surface area contributed by atoms with Crippen LogP contribution in [-0.2, 0) is 0 Å². The monoisotopic (exact) mass is 257 g/mol. The number of nitrogens with zero attached hydrogens (tertiary/aromatic N) is 4. The van der Waals surface area contributed by atoms with Gasteiger partial charge in [0.05, 0.1) is 6.04 Å². The first-order valence-corrected chi connectivity index (χ1v) is 6.69. The number of anilines is 1. The van der Waals surface area contributed by atoms with Gasteiger partial charge in [-0.2, -0.15) is 0 Å². The van der Waals surface area contributed by atoms with Gasteiger partial charge in [0, 0.05) is 11.3 Å². The lowest BCUT2D eigenvalue weighted by Crippen LogP contribution is -2.12. The summed E-state index contributed by atoms with van der Waals surface area (Å²) in [6.45, 7) is 4.61. The van der Waals surface area contributed by atoms with E-state index in [0.717, 1.165) is 29.9 Å². The Kier molecular flexibility index (Phi) is 2.77. The van der Waals surface area contributed by atoms with Crippen molar-refractivity contribution in [3.05, 3.63) is 24.3 Å². The number of hydrogen-bond acceptors (Lipinski definition) is 4. The Hall–Kier alpha value is -1.91. The molecule has 1 heterocycles. The molecule has 1 aromatic carbocycles. The molecular weight excluding hydrogens is 238 g/mol. The number of nitrogens with two attached hydrogens (primary N) is 1. The molecule has 5 heteroatoms. The van der Waals surface area contributed by atoms with Gasteiger partial charge in [0.25, 0.3) is 0 Å². The summed E-state index contributed by atoms with van der Waals surface area (Å²) in [4.78, 5) is 0. The highest BCUT2D eigenvalue weighted by Gasteiger charge is 2.33. The minimum absolute atomic E-state index is 0.384.